The van der Waals surface area contributed by atoms with Gasteiger partial charge in [-0.05, 0) is 0 Å². The Labute approximate surface area is 88.5 Å². The molecule has 0 saturated carbocycles. The molecule has 0 spiro atoms. The van der Waals surface area contributed by atoms with Crippen LogP contribution in [0.15, 0.2) is 17.2 Å². The summed E-state index contributed by atoms with van der Waals surface area (Å²) in [5.41, 5.74) is 2.82. The Hall–Kier alpha value is 0.350. The van der Waals surface area contributed by atoms with E-state index in [9.17, 15) is 0 Å². The molecule has 0 atom stereocenters. The molecule has 1 aliphatic carbocycles. The van der Waals surface area contributed by atoms with Crippen molar-refractivity contribution in [1.82, 2.24) is 0 Å². The molecule has 1 rings (SSSR count). The van der Waals surface area contributed by atoms with E-state index in [1.807, 2.05) is 0 Å². The van der Waals surface area contributed by atoms with Gasteiger partial charge in [0.05, 0.1) is 0 Å². The Morgan fingerprint density at radius 2 is 2.27 bits per heavy atom. The first-order valence-electron chi connectivity index (χ1n) is 4.11. The first kappa shape index (κ1) is 11.4. The SMILES string of the molecule is CCCCC1=CCC(C)=[C-]1.[Hf]. The summed E-state index contributed by atoms with van der Waals surface area (Å²) in [6, 6.07) is 0. The van der Waals surface area contributed by atoms with Gasteiger partial charge < -0.3 is 0 Å². The van der Waals surface area contributed by atoms with Crippen molar-refractivity contribution in [3.63, 3.8) is 0 Å². The van der Waals surface area contributed by atoms with Crippen LogP contribution in [0.25, 0.3) is 0 Å². The predicted molar refractivity (Wildman–Crippen MR) is 44.7 cm³/mol. The van der Waals surface area contributed by atoms with Crippen LogP contribution in [0.2, 0.25) is 0 Å². The second-order valence-corrected chi connectivity index (χ2v) is 2.94. The van der Waals surface area contributed by atoms with Crippen LogP contribution in [0.1, 0.15) is 39.5 Å². The summed E-state index contributed by atoms with van der Waals surface area (Å²) in [7, 11) is 0. The molecule has 0 amide bonds. The Kier molecular flexibility index (Phi) is 6.12. The fraction of sp³-hybridized carbons (Fsp3) is 0.600. The number of hydrogen-bond acceptors (Lipinski definition) is 0. The number of rotatable bonds is 3. The van der Waals surface area contributed by atoms with E-state index < -0.39 is 0 Å². The van der Waals surface area contributed by atoms with Crippen molar-refractivity contribution in [1.29, 1.82) is 0 Å². The van der Waals surface area contributed by atoms with E-state index in [2.05, 4.69) is 26.0 Å². The van der Waals surface area contributed by atoms with Gasteiger partial charge in [-0.3, -0.25) is 0 Å². The zero-order valence-corrected chi connectivity index (χ0v) is 11.0. The standard InChI is InChI=1S/C10H15.Hf/c1-3-4-5-10-7-6-9(2)8-10;/h7H,3-6H2,1-2H3;/q-1;. The zero-order chi connectivity index (χ0) is 7.40. The molecule has 1 aliphatic rings. The normalized spacial score (nSPS) is 15.5. The van der Waals surface area contributed by atoms with Crippen molar-refractivity contribution in [3.8, 4) is 0 Å². The fourth-order valence-electron chi connectivity index (χ4n) is 1.18. The van der Waals surface area contributed by atoms with E-state index in [-0.39, 0.29) is 25.8 Å². The van der Waals surface area contributed by atoms with Gasteiger partial charge in [0.25, 0.3) is 0 Å². The Morgan fingerprint density at radius 1 is 1.55 bits per heavy atom. The summed E-state index contributed by atoms with van der Waals surface area (Å²) in [6.45, 7) is 4.38. The average Bonchev–Trinajstić information content (AvgIpc) is 2.31. The monoisotopic (exact) mass is 315 g/mol. The molecule has 0 saturated heterocycles. The van der Waals surface area contributed by atoms with Crippen molar-refractivity contribution in [2.75, 3.05) is 0 Å². The molecule has 1 heteroatoms. The summed E-state index contributed by atoms with van der Waals surface area (Å²) in [5, 5.41) is 0. The maximum absolute atomic E-state index is 3.37. The summed E-state index contributed by atoms with van der Waals surface area (Å²) in [4.78, 5) is 0. The minimum atomic E-state index is 0. The molecule has 0 radical (unpaired) electrons. The molecule has 0 fully saturated rings. The fourth-order valence-corrected chi connectivity index (χ4v) is 1.18. The van der Waals surface area contributed by atoms with Crippen molar-refractivity contribution in [3.05, 3.63) is 23.3 Å². The predicted octanol–water partition coefficient (Wildman–Crippen LogP) is 3.25. The maximum atomic E-state index is 3.37. The van der Waals surface area contributed by atoms with E-state index >= 15 is 0 Å². The Morgan fingerprint density at radius 3 is 2.73 bits per heavy atom. The number of hydrogen-bond donors (Lipinski definition) is 0. The Balaban J connectivity index is 0.000001000. The second-order valence-electron chi connectivity index (χ2n) is 2.94. The zero-order valence-electron chi connectivity index (χ0n) is 7.41. The molecule has 60 valence electrons. The topological polar surface area (TPSA) is 0 Å². The van der Waals surface area contributed by atoms with Crippen molar-refractivity contribution >= 4 is 0 Å². The van der Waals surface area contributed by atoms with Gasteiger partial charge in [-0.15, -0.1) is 0 Å². The molecule has 0 aromatic carbocycles. The summed E-state index contributed by atoms with van der Waals surface area (Å²) in [6.07, 6.45) is 10.6. The molecule has 0 aromatic heterocycles. The van der Waals surface area contributed by atoms with Gasteiger partial charge in [0.15, 0.2) is 0 Å². The quantitative estimate of drug-likeness (QED) is 0.554. The molecule has 11 heavy (non-hydrogen) atoms. The maximum Gasteiger partial charge on any atom is 0 e. The van der Waals surface area contributed by atoms with Crippen LogP contribution in [-0.4, -0.2) is 0 Å². The third kappa shape index (κ3) is 4.05. The third-order valence-electron chi connectivity index (χ3n) is 1.83. The van der Waals surface area contributed by atoms with Crippen LogP contribution >= 0.6 is 0 Å². The number of allylic oxidation sites excluding steroid dienone is 4. The smallest absolute Gasteiger partial charge is 0 e. The van der Waals surface area contributed by atoms with E-state index in [0.29, 0.717) is 0 Å². The summed E-state index contributed by atoms with van der Waals surface area (Å²) >= 11 is 0. The minimum Gasteiger partial charge on any atom is -0.250 e. The van der Waals surface area contributed by atoms with Gasteiger partial charge in [-0.1, -0.05) is 39.5 Å². The van der Waals surface area contributed by atoms with Crippen molar-refractivity contribution in [2.24, 2.45) is 0 Å². The van der Waals surface area contributed by atoms with Crippen LogP contribution in [0, 0.1) is 6.08 Å². The molecule has 0 heterocycles. The molecule has 0 aliphatic heterocycles. The largest absolute Gasteiger partial charge is 0.250 e. The first-order chi connectivity index (χ1) is 4.83. The summed E-state index contributed by atoms with van der Waals surface area (Å²) < 4.78 is 0. The van der Waals surface area contributed by atoms with Gasteiger partial charge >= 0.3 is 0 Å². The average molecular weight is 314 g/mol. The van der Waals surface area contributed by atoms with Gasteiger partial charge in [0, 0.05) is 25.8 Å². The van der Waals surface area contributed by atoms with Gasteiger partial charge in [0.2, 0.25) is 0 Å². The second kappa shape index (κ2) is 5.93. The van der Waals surface area contributed by atoms with Crippen LogP contribution in [0.5, 0.6) is 0 Å². The molecule has 0 bridgehead atoms. The van der Waals surface area contributed by atoms with Gasteiger partial charge in [-0.25, -0.2) is 17.7 Å². The van der Waals surface area contributed by atoms with Crippen LogP contribution in [0.4, 0.5) is 0 Å². The first-order valence-corrected chi connectivity index (χ1v) is 4.11. The molecule has 0 unspecified atom stereocenters. The molecule has 0 nitrogen and oxygen atoms in total. The Bertz CT molecular complexity index is 166. The third-order valence-corrected chi connectivity index (χ3v) is 1.83. The van der Waals surface area contributed by atoms with Crippen LogP contribution in [0.3, 0.4) is 0 Å². The molecule has 0 aromatic rings. The van der Waals surface area contributed by atoms with Crippen LogP contribution in [-0.2, 0) is 25.8 Å². The number of unbranched alkanes of at least 4 members (excludes halogenated alkanes) is 1. The van der Waals surface area contributed by atoms with E-state index in [1.165, 1.54) is 30.4 Å². The van der Waals surface area contributed by atoms with Gasteiger partial charge in [0.1, 0.15) is 0 Å². The molecular formula is C10H15Hf-. The van der Waals surface area contributed by atoms with Crippen molar-refractivity contribution < 1.29 is 25.8 Å². The van der Waals surface area contributed by atoms with Gasteiger partial charge in [-0.2, -0.15) is 5.57 Å². The molecular weight excluding hydrogens is 299 g/mol. The minimum absolute atomic E-state index is 0. The van der Waals surface area contributed by atoms with E-state index in [1.54, 1.807) is 0 Å². The van der Waals surface area contributed by atoms with Crippen LogP contribution < -0.4 is 0 Å². The molecule has 0 N–H and O–H groups in total. The van der Waals surface area contributed by atoms with Crippen molar-refractivity contribution in [2.45, 2.75) is 39.5 Å². The summed E-state index contributed by atoms with van der Waals surface area (Å²) in [5.74, 6) is 0. The van der Waals surface area contributed by atoms with E-state index in [4.69, 9.17) is 0 Å². The van der Waals surface area contributed by atoms with E-state index in [0.717, 1.165) is 6.42 Å².